The van der Waals surface area contributed by atoms with E-state index in [4.69, 9.17) is 120 Å². The molecule has 0 aliphatic carbocycles. The van der Waals surface area contributed by atoms with E-state index < -0.39 is 30.3 Å². The molecule has 0 atom stereocenters. The van der Waals surface area contributed by atoms with Gasteiger partial charge in [0.15, 0.2) is 5.15 Å². The number of aromatic nitrogens is 8. The van der Waals surface area contributed by atoms with E-state index in [0.717, 1.165) is 19.3 Å². The second kappa shape index (κ2) is 31.4. The van der Waals surface area contributed by atoms with Crippen molar-refractivity contribution >= 4 is 176 Å². The highest BCUT2D eigenvalue weighted by molar-refractivity contribution is 8.13. The Morgan fingerprint density at radius 2 is 0.883 bits per heavy atom. The summed E-state index contributed by atoms with van der Waals surface area (Å²) in [5.41, 5.74) is 4.63. The van der Waals surface area contributed by atoms with Crippen LogP contribution in [0.1, 0.15) is 41.5 Å². The molecule has 6 N–H and O–H groups in total. The Kier molecular flexibility index (Phi) is 28.7. The Bertz CT molecular complexity index is 2800. The predicted molar refractivity (Wildman–Crippen MR) is 306 cm³/mol. The third kappa shape index (κ3) is 28.0. The van der Waals surface area contributed by atoms with Crippen LogP contribution in [0.3, 0.4) is 0 Å². The summed E-state index contributed by atoms with van der Waals surface area (Å²) >= 11 is 50.9. The predicted octanol–water partition coefficient (Wildman–Crippen LogP) is 8.43. The van der Waals surface area contributed by atoms with Gasteiger partial charge in [0.05, 0.1) is 60.4 Å². The van der Waals surface area contributed by atoms with Gasteiger partial charge in [-0.3, -0.25) is 0 Å². The fourth-order valence-corrected chi connectivity index (χ4v) is 7.61. The van der Waals surface area contributed by atoms with Crippen LogP contribution in [-0.2, 0) is 28.5 Å². The van der Waals surface area contributed by atoms with Gasteiger partial charge in [-0.15, -0.1) is 12.4 Å². The largest absolute Gasteiger partial charge is 0.444 e. The average Bonchev–Trinajstić information content (AvgIpc) is 3.21. The highest BCUT2D eigenvalue weighted by Gasteiger charge is 2.35. The summed E-state index contributed by atoms with van der Waals surface area (Å²) in [5, 5.41) is 14.7. The summed E-state index contributed by atoms with van der Waals surface area (Å²) in [6.45, 7) is 16.0. The lowest BCUT2D eigenvalue weighted by Gasteiger charge is -2.40. The van der Waals surface area contributed by atoms with Crippen molar-refractivity contribution in [2.24, 2.45) is 5.73 Å². The number of halogens is 11. The standard InChI is InChI=1S/C12H16Cl2N4O2.C8H10Cl2N4O2S.C8H16N2O2.C7H8Cl2N4.C4HCl3N2.CH3ClO2S.ClH/c1-12(2,3)20-11(19)18-5-7(6-18)16-9-8(13)4-15-10(14)17-9;1-17(15,16)14-3-5(4-14)12-7-6(9)2-11-8(10)13-7;1-8(2,3)12-7(11)10-4-6(9)5-10;8-5-3-11-7(9)13-6(5)12-4-1-10-2-4;5-2-1-8-4(7)9-3(2)6;1-5(2,3)4;/h4,7H,5-6H2,1-3H3,(H,15,16,17);2,5H,3-4H2,1H3,(H,11,12,13);6H,4-5,9H2,1-3H3;3-4,10H,1-2H2,(H,11,12,13);1H;1H3;1H. The smallest absolute Gasteiger partial charge is 0.410 e. The van der Waals surface area contributed by atoms with Crippen LogP contribution in [0.4, 0.5) is 27.0 Å². The number of nitrogens with one attached hydrogen (secondary N) is 4. The van der Waals surface area contributed by atoms with Crippen LogP contribution < -0.4 is 27.0 Å². The molecule has 4 fully saturated rings. The van der Waals surface area contributed by atoms with Gasteiger partial charge in [0.25, 0.3) is 0 Å². The number of hydrogen-bond acceptors (Lipinski definition) is 21. The highest BCUT2D eigenvalue weighted by Crippen LogP contribution is 2.26. The van der Waals surface area contributed by atoms with E-state index >= 15 is 0 Å². The van der Waals surface area contributed by atoms with Gasteiger partial charge in [-0.25, -0.2) is 51.3 Å². The summed E-state index contributed by atoms with van der Waals surface area (Å²) in [5.74, 6) is 1.50. The molecule has 2 amide bonds. The zero-order valence-corrected chi connectivity index (χ0v) is 52.1. The molecule has 4 aromatic heterocycles. The molecule has 4 aliphatic heterocycles. The molecule has 0 spiro atoms. The number of likely N-dealkylation sites (tertiary alicyclic amines) is 2. The van der Waals surface area contributed by atoms with Crippen molar-refractivity contribution in [1.29, 1.82) is 0 Å². The maximum absolute atomic E-state index is 11.8. The SMILES string of the molecule is CC(C)(C)OC(=O)N1CC(N)C1.CC(C)(C)OC(=O)N1CC(Nc2nc(Cl)ncc2Cl)C1.CS(=O)(=O)Cl.CS(=O)(=O)N1CC(Nc2nc(Cl)ncc2Cl)C1.Cl.Clc1ncc(Cl)c(Cl)n1.Clc1ncc(Cl)c(NC2CNC2)n1. The van der Waals surface area contributed by atoms with E-state index in [1.807, 2.05) is 41.5 Å². The number of sulfonamides is 1. The second-order valence-corrected chi connectivity index (χ2v) is 26.6. The van der Waals surface area contributed by atoms with E-state index in [9.17, 15) is 26.4 Å². The maximum atomic E-state index is 11.8. The molecule has 4 saturated heterocycles. The lowest BCUT2D eigenvalue weighted by atomic mass is 10.1. The molecular weight excluding hydrogens is 1290 g/mol. The topological polar surface area (TPSA) is 308 Å². The number of nitrogens with two attached hydrogens (primary N) is 1. The minimum absolute atomic E-state index is 0. The number of ether oxygens (including phenoxy) is 2. The van der Waals surface area contributed by atoms with Gasteiger partial charge in [-0.05, 0) is 87.9 Å². The Hall–Kier alpha value is -2.77. The van der Waals surface area contributed by atoms with Crippen LogP contribution >= 0.6 is 127 Å². The number of rotatable bonds is 7. The van der Waals surface area contributed by atoms with Crippen molar-refractivity contribution in [3.63, 3.8) is 0 Å². The van der Waals surface area contributed by atoms with Crippen molar-refractivity contribution in [1.82, 2.24) is 59.3 Å². The van der Waals surface area contributed by atoms with Crippen LogP contribution in [0.15, 0.2) is 24.8 Å². The normalized spacial score (nSPS) is 15.7. The Labute approximate surface area is 502 Å². The minimum Gasteiger partial charge on any atom is -0.444 e. The first-order valence-corrected chi connectivity index (χ1v) is 29.9. The molecule has 24 nitrogen and oxygen atoms in total. The summed E-state index contributed by atoms with van der Waals surface area (Å²) in [7, 11) is -1.80. The second-order valence-electron chi connectivity index (χ2n) is 18.3. The summed E-state index contributed by atoms with van der Waals surface area (Å²) in [6.07, 6.45) is 7.19. The highest BCUT2D eigenvalue weighted by atomic mass is 35.7. The van der Waals surface area contributed by atoms with Crippen molar-refractivity contribution < 1.29 is 35.9 Å². The third-order valence-corrected chi connectivity index (χ3v) is 12.5. The van der Waals surface area contributed by atoms with E-state index in [0.29, 0.717) is 82.9 Å². The molecule has 8 heterocycles. The third-order valence-electron chi connectivity index (χ3n) is 9.03. The van der Waals surface area contributed by atoms with Crippen molar-refractivity contribution in [2.75, 3.05) is 80.8 Å². The monoisotopic (exact) mass is 1340 g/mol. The van der Waals surface area contributed by atoms with Crippen LogP contribution in [-0.4, -0.2) is 183 Å². The molecule has 4 aliphatic rings. The fraction of sp³-hybridized carbons (Fsp3) is 0.550. The van der Waals surface area contributed by atoms with Crippen LogP contribution in [0, 0.1) is 0 Å². The van der Waals surface area contributed by atoms with Gasteiger partial charge in [0.2, 0.25) is 40.2 Å². The fourth-order valence-electron chi connectivity index (χ4n) is 5.47. The molecule has 0 unspecified atom stereocenters. The molecule has 432 valence electrons. The van der Waals surface area contributed by atoms with Crippen LogP contribution in [0.2, 0.25) is 46.4 Å². The van der Waals surface area contributed by atoms with Gasteiger partial charge >= 0.3 is 12.2 Å². The number of amides is 2. The van der Waals surface area contributed by atoms with Gasteiger partial charge in [0.1, 0.15) is 43.7 Å². The molecule has 0 bridgehead atoms. The Morgan fingerprint density at radius 1 is 0.571 bits per heavy atom. The zero-order chi connectivity index (χ0) is 57.5. The number of hydrogen-bond donors (Lipinski definition) is 5. The quantitative estimate of drug-likeness (QED) is 0.0658. The molecule has 0 radical (unpaired) electrons. The molecule has 77 heavy (non-hydrogen) atoms. The molecular formula is C40H55Cl11N16O8S2. The number of anilines is 3. The molecule has 8 rings (SSSR count). The lowest BCUT2D eigenvalue weighted by Crippen LogP contribution is -2.58. The minimum atomic E-state index is -3.19. The summed E-state index contributed by atoms with van der Waals surface area (Å²) < 4.78 is 52.9. The lowest BCUT2D eigenvalue weighted by molar-refractivity contribution is 0.00845. The Balaban J connectivity index is 0.000000328. The van der Waals surface area contributed by atoms with E-state index in [2.05, 4.69) is 71.8 Å². The zero-order valence-electron chi connectivity index (χ0n) is 42.0. The van der Waals surface area contributed by atoms with Crippen molar-refractivity contribution in [3.8, 4) is 0 Å². The summed E-state index contributed by atoms with van der Waals surface area (Å²) in [4.78, 5) is 56.5. The first kappa shape index (κ1) is 70.3. The van der Waals surface area contributed by atoms with Gasteiger partial charge < -0.3 is 46.3 Å². The Morgan fingerprint density at radius 3 is 1.17 bits per heavy atom. The molecule has 37 heteroatoms. The summed E-state index contributed by atoms with van der Waals surface area (Å²) in [6, 6.07) is 0.597. The number of nitrogens with zero attached hydrogens (tertiary/aromatic N) is 11. The average molecular weight is 1340 g/mol. The van der Waals surface area contributed by atoms with E-state index in [-0.39, 0.29) is 69.0 Å². The van der Waals surface area contributed by atoms with Crippen LogP contribution in [0.25, 0.3) is 0 Å². The number of carbonyl (C=O) groups excluding carboxylic acids is 2. The maximum Gasteiger partial charge on any atom is 0.410 e. The number of carbonyl (C=O) groups is 2. The van der Waals surface area contributed by atoms with Crippen molar-refractivity contribution in [2.45, 2.75) is 76.9 Å². The molecule has 0 saturated carbocycles. The first-order chi connectivity index (χ1) is 34.9. The van der Waals surface area contributed by atoms with Crippen molar-refractivity contribution in [3.05, 3.63) is 71.2 Å². The van der Waals surface area contributed by atoms with Gasteiger partial charge in [-0.1, -0.05) is 58.0 Å². The van der Waals surface area contributed by atoms with Crippen LogP contribution in [0.5, 0.6) is 0 Å². The first-order valence-electron chi connectivity index (χ1n) is 21.9. The van der Waals surface area contributed by atoms with Gasteiger partial charge in [0, 0.05) is 69.1 Å². The molecule has 4 aromatic rings. The van der Waals surface area contributed by atoms with Gasteiger partial charge in [-0.2, -0.15) is 19.3 Å². The van der Waals surface area contributed by atoms with E-state index in [1.54, 1.807) is 9.80 Å². The molecule has 0 aromatic carbocycles. The van der Waals surface area contributed by atoms with E-state index in [1.165, 1.54) is 35.3 Å².